The number of amides is 2. The van der Waals surface area contributed by atoms with E-state index in [1.165, 1.54) is 0 Å². The first-order valence-electron chi connectivity index (χ1n) is 10.5. The standard InChI is InChI=1S/C24H25N3O3/c25-14-17-6-8-19(9-7-17)24(29)27-12-2-3-18(15-27)16-30-22-5-1-4-20(13-22)23(28)26-21-10-11-21/h1,4-9,13,18,21H,2-3,10-12,15-16H2,(H,26,28). The van der Waals surface area contributed by atoms with Crippen LogP contribution < -0.4 is 10.1 Å². The molecule has 2 aliphatic rings. The molecule has 0 spiro atoms. The lowest BCUT2D eigenvalue weighted by Gasteiger charge is -2.32. The van der Waals surface area contributed by atoms with Crippen LogP contribution in [0.3, 0.4) is 0 Å². The van der Waals surface area contributed by atoms with E-state index < -0.39 is 0 Å². The molecule has 2 aromatic carbocycles. The average Bonchev–Trinajstić information content (AvgIpc) is 3.61. The van der Waals surface area contributed by atoms with E-state index in [1.54, 1.807) is 36.4 Å². The second kappa shape index (κ2) is 9.00. The Hall–Kier alpha value is -3.33. The van der Waals surface area contributed by atoms with Crippen LogP contribution in [0.25, 0.3) is 0 Å². The van der Waals surface area contributed by atoms with Crippen molar-refractivity contribution in [3.8, 4) is 11.8 Å². The fourth-order valence-corrected chi connectivity index (χ4v) is 3.69. The number of hydrogen-bond acceptors (Lipinski definition) is 4. The normalized spacial score (nSPS) is 18.4. The van der Waals surface area contributed by atoms with E-state index in [9.17, 15) is 9.59 Å². The number of benzene rings is 2. The number of rotatable bonds is 6. The molecular formula is C24H25N3O3. The van der Waals surface area contributed by atoms with Crippen molar-refractivity contribution in [3.05, 3.63) is 65.2 Å². The van der Waals surface area contributed by atoms with Gasteiger partial charge in [0.2, 0.25) is 0 Å². The fourth-order valence-electron chi connectivity index (χ4n) is 3.69. The molecule has 6 heteroatoms. The lowest BCUT2D eigenvalue weighted by molar-refractivity contribution is 0.0633. The molecule has 2 amide bonds. The van der Waals surface area contributed by atoms with Crippen LogP contribution in [0, 0.1) is 17.2 Å². The van der Waals surface area contributed by atoms with E-state index in [4.69, 9.17) is 10.00 Å². The summed E-state index contributed by atoms with van der Waals surface area (Å²) in [6.45, 7) is 1.87. The molecule has 0 radical (unpaired) electrons. The highest BCUT2D eigenvalue weighted by Crippen LogP contribution is 2.23. The van der Waals surface area contributed by atoms with E-state index in [0.29, 0.717) is 41.6 Å². The predicted octanol–water partition coefficient (Wildman–Crippen LogP) is 3.38. The minimum atomic E-state index is -0.0557. The third kappa shape index (κ3) is 4.98. The summed E-state index contributed by atoms with van der Waals surface area (Å²) in [5.41, 5.74) is 1.76. The highest BCUT2D eigenvalue weighted by Gasteiger charge is 2.26. The highest BCUT2D eigenvalue weighted by molar-refractivity contribution is 5.95. The Morgan fingerprint density at radius 3 is 2.63 bits per heavy atom. The zero-order valence-electron chi connectivity index (χ0n) is 16.8. The fraction of sp³-hybridized carbons (Fsp3) is 0.375. The quantitative estimate of drug-likeness (QED) is 0.802. The van der Waals surface area contributed by atoms with Crippen molar-refractivity contribution < 1.29 is 14.3 Å². The maximum atomic E-state index is 12.8. The van der Waals surface area contributed by atoms with Gasteiger partial charge in [0.05, 0.1) is 18.2 Å². The number of carbonyl (C=O) groups is 2. The molecule has 2 aromatic rings. The summed E-state index contributed by atoms with van der Waals surface area (Å²) in [6, 6.07) is 16.4. The summed E-state index contributed by atoms with van der Waals surface area (Å²) in [6.07, 6.45) is 4.04. The van der Waals surface area contributed by atoms with Gasteiger partial charge in [0.1, 0.15) is 5.75 Å². The molecule has 0 bridgehead atoms. The minimum absolute atomic E-state index is 0.0112. The van der Waals surface area contributed by atoms with Gasteiger partial charge < -0.3 is 15.0 Å². The van der Waals surface area contributed by atoms with Gasteiger partial charge >= 0.3 is 0 Å². The van der Waals surface area contributed by atoms with Crippen molar-refractivity contribution in [1.82, 2.24) is 10.2 Å². The molecule has 1 N–H and O–H groups in total. The molecular weight excluding hydrogens is 378 g/mol. The summed E-state index contributed by atoms with van der Waals surface area (Å²) in [7, 11) is 0. The Morgan fingerprint density at radius 1 is 1.10 bits per heavy atom. The number of nitriles is 1. The van der Waals surface area contributed by atoms with Gasteiger partial charge in [-0.05, 0) is 68.1 Å². The number of nitrogens with zero attached hydrogens (tertiary/aromatic N) is 2. The number of nitrogens with one attached hydrogen (secondary N) is 1. The zero-order chi connectivity index (χ0) is 20.9. The van der Waals surface area contributed by atoms with Crippen LogP contribution in [-0.2, 0) is 0 Å². The number of carbonyl (C=O) groups excluding carboxylic acids is 2. The van der Waals surface area contributed by atoms with Crippen molar-refractivity contribution in [1.29, 1.82) is 5.26 Å². The van der Waals surface area contributed by atoms with Gasteiger partial charge in [-0.3, -0.25) is 9.59 Å². The molecule has 6 nitrogen and oxygen atoms in total. The van der Waals surface area contributed by atoms with E-state index in [-0.39, 0.29) is 17.7 Å². The Morgan fingerprint density at radius 2 is 1.90 bits per heavy atom. The van der Waals surface area contributed by atoms with Crippen LogP contribution in [0.5, 0.6) is 5.75 Å². The Kier molecular flexibility index (Phi) is 5.99. The monoisotopic (exact) mass is 403 g/mol. The number of likely N-dealkylation sites (tertiary alicyclic amines) is 1. The molecule has 1 aliphatic carbocycles. The van der Waals surface area contributed by atoms with Gasteiger partial charge in [-0.25, -0.2) is 0 Å². The molecule has 1 unspecified atom stereocenters. The average molecular weight is 403 g/mol. The van der Waals surface area contributed by atoms with Crippen molar-refractivity contribution >= 4 is 11.8 Å². The van der Waals surface area contributed by atoms with Crippen molar-refractivity contribution in [3.63, 3.8) is 0 Å². The number of ether oxygens (including phenoxy) is 1. The lowest BCUT2D eigenvalue weighted by Crippen LogP contribution is -2.41. The van der Waals surface area contributed by atoms with E-state index in [0.717, 1.165) is 32.2 Å². The van der Waals surface area contributed by atoms with Gasteiger partial charge in [-0.15, -0.1) is 0 Å². The smallest absolute Gasteiger partial charge is 0.253 e. The summed E-state index contributed by atoms with van der Waals surface area (Å²) in [4.78, 5) is 26.9. The van der Waals surface area contributed by atoms with E-state index in [2.05, 4.69) is 11.4 Å². The van der Waals surface area contributed by atoms with Crippen LogP contribution in [0.1, 0.15) is 52.0 Å². The van der Waals surface area contributed by atoms with Crippen molar-refractivity contribution in [2.75, 3.05) is 19.7 Å². The predicted molar refractivity (Wildman–Crippen MR) is 112 cm³/mol. The molecule has 1 heterocycles. The molecule has 1 aliphatic heterocycles. The Balaban J connectivity index is 1.32. The summed E-state index contributed by atoms with van der Waals surface area (Å²) < 4.78 is 5.97. The molecule has 0 aromatic heterocycles. The highest BCUT2D eigenvalue weighted by atomic mass is 16.5. The maximum absolute atomic E-state index is 12.8. The van der Waals surface area contributed by atoms with Crippen LogP contribution in [0.2, 0.25) is 0 Å². The largest absolute Gasteiger partial charge is 0.493 e. The molecule has 1 saturated carbocycles. The molecule has 154 valence electrons. The van der Waals surface area contributed by atoms with Gasteiger partial charge in [0.15, 0.2) is 0 Å². The first kappa shape index (κ1) is 20.0. The van der Waals surface area contributed by atoms with Crippen LogP contribution >= 0.6 is 0 Å². The summed E-state index contributed by atoms with van der Waals surface area (Å²) in [5.74, 6) is 0.849. The third-order valence-corrected chi connectivity index (χ3v) is 5.56. The summed E-state index contributed by atoms with van der Waals surface area (Å²) in [5, 5.41) is 11.9. The molecule has 1 saturated heterocycles. The molecule has 4 rings (SSSR count). The first-order valence-corrected chi connectivity index (χ1v) is 10.5. The molecule has 1 atom stereocenters. The van der Waals surface area contributed by atoms with Crippen LogP contribution in [0.15, 0.2) is 48.5 Å². The van der Waals surface area contributed by atoms with Crippen molar-refractivity contribution in [2.24, 2.45) is 5.92 Å². The topological polar surface area (TPSA) is 82.4 Å². The second-order valence-corrected chi connectivity index (χ2v) is 8.04. The summed E-state index contributed by atoms with van der Waals surface area (Å²) >= 11 is 0. The molecule has 2 fully saturated rings. The Labute approximate surface area is 176 Å². The Bertz CT molecular complexity index is 960. The van der Waals surface area contributed by atoms with Crippen LogP contribution in [0.4, 0.5) is 0 Å². The lowest BCUT2D eigenvalue weighted by atomic mass is 9.98. The third-order valence-electron chi connectivity index (χ3n) is 5.56. The zero-order valence-corrected chi connectivity index (χ0v) is 16.8. The molecule has 30 heavy (non-hydrogen) atoms. The van der Waals surface area contributed by atoms with E-state index in [1.807, 2.05) is 17.0 Å². The van der Waals surface area contributed by atoms with Crippen LogP contribution in [-0.4, -0.2) is 42.5 Å². The van der Waals surface area contributed by atoms with Crippen molar-refractivity contribution in [2.45, 2.75) is 31.7 Å². The number of piperidine rings is 1. The first-order chi connectivity index (χ1) is 14.6. The van der Waals surface area contributed by atoms with Gasteiger partial charge in [-0.1, -0.05) is 6.07 Å². The van der Waals surface area contributed by atoms with Gasteiger partial charge in [0.25, 0.3) is 11.8 Å². The van der Waals surface area contributed by atoms with Gasteiger partial charge in [0, 0.05) is 36.2 Å². The second-order valence-electron chi connectivity index (χ2n) is 8.04. The van der Waals surface area contributed by atoms with E-state index >= 15 is 0 Å². The minimum Gasteiger partial charge on any atom is -0.493 e. The number of hydrogen-bond donors (Lipinski definition) is 1. The van der Waals surface area contributed by atoms with Gasteiger partial charge in [-0.2, -0.15) is 5.26 Å². The maximum Gasteiger partial charge on any atom is 0.253 e. The SMILES string of the molecule is N#Cc1ccc(C(=O)N2CCCC(COc3cccc(C(=O)NC4CC4)c3)C2)cc1.